The van der Waals surface area contributed by atoms with E-state index in [0.717, 1.165) is 51.1 Å². The molecular weight excluding hydrogens is 214 g/mol. The Labute approximate surface area is 103 Å². The summed E-state index contributed by atoms with van der Waals surface area (Å²) in [7, 11) is 2.04. The Morgan fingerprint density at radius 1 is 1.41 bits per heavy atom. The predicted molar refractivity (Wildman–Crippen MR) is 67.8 cm³/mol. The van der Waals surface area contributed by atoms with E-state index >= 15 is 0 Å². The Kier molecular flexibility index (Phi) is 3.84. The molecule has 4 nitrogen and oxygen atoms in total. The largest absolute Gasteiger partial charge is 0.390 e. The zero-order chi connectivity index (χ0) is 12.3. The molecule has 1 N–H and O–H groups in total. The lowest BCUT2D eigenvalue weighted by molar-refractivity contribution is 0.0447. The van der Waals surface area contributed by atoms with Gasteiger partial charge in [-0.3, -0.25) is 0 Å². The first-order chi connectivity index (χ1) is 8.07. The second-order valence-electron chi connectivity index (χ2n) is 5.40. The van der Waals surface area contributed by atoms with Crippen LogP contribution in [0.5, 0.6) is 0 Å². The van der Waals surface area contributed by atoms with Gasteiger partial charge in [0.2, 0.25) is 0 Å². The Hall–Kier alpha value is -0.870. The highest BCUT2D eigenvalue weighted by atomic mass is 16.3. The summed E-state index contributed by atoms with van der Waals surface area (Å²) in [5.41, 5.74) is -0.460. The van der Waals surface area contributed by atoms with Gasteiger partial charge in [-0.05, 0) is 32.7 Å². The molecule has 0 radical (unpaired) electrons. The van der Waals surface area contributed by atoms with E-state index in [-0.39, 0.29) is 0 Å². The molecule has 1 aromatic rings. The zero-order valence-corrected chi connectivity index (χ0v) is 10.9. The Bertz CT molecular complexity index is 359. The van der Waals surface area contributed by atoms with E-state index in [9.17, 15) is 5.11 Å². The summed E-state index contributed by atoms with van der Waals surface area (Å²) in [6.07, 6.45) is 7.73. The van der Waals surface area contributed by atoms with Crippen molar-refractivity contribution < 1.29 is 5.11 Å². The SMILES string of the molecule is Cn1ccnc1CCN1CCCC(C)(O)CC1. The third-order valence-corrected chi connectivity index (χ3v) is 3.73. The molecule has 0 spiro atoms. The van der Waals surface area contributed by atoms with Crippen molar-refractivity contribution in [2.24, 2.45) is 7.05 Å². The average Bonchev–Trinajstić information content (AvgIpc) is 2.58. The van der Waals surface area contributed by atoms with Crippen LogP contribution in [0.4, 0.5) is 0 Å². The summed E-state index contributed by atoms with van der Waals surface area (Å²) in [6.45, 7) is 5.09. The third-order valence-electron chi connectivity index (χ3n) is 3.73. The number of nitrogens with zero attached hydrogens (tertiary/aromatic N) is 3. The number of hydrogen-bond acceptors (Lipinski definition) is 3. The van der Waals surface area contributed by atoms with Crippen molar-refractivity contribution in [3.8, 4) is 0 Å². The summed E-state index contributed by atoms with van der Waals surface area (Å²) in [5.74, 6) is 1.14. The molecule has 0 aromatic carbocycles. The lowest BCUT2D eigenvalue weighted by atomic mass is 9.98. The van der Waals surface area contributed by atoms with E-state index in [1.54, 1.807) is 0 Å². The van der Waals surface area contributed by atoms with Crippen molar-refractivity contribution in [1.82, 2.24) is 14.5 Å². The molecule has 1 aliphatic rings. The number of hydrogen-bond donors (Lipinski definition) is 1. The molecule has 1 aromatic heterocycles. The molecule has 1 aliphatic heterocycles. The molecule has 4 heteroatoms. The molecule has 2 heterocycles. The van der Waals surface area contributed by atoms with E-state index in [0.29, 0.717) is 0 Å². The molecule has 0 saturated carbocycles. The molecule has 1 unspecified atom stereocenters. The van der Waals surface area contributed by atoms with Gasteiger partial charge < -0.3 is 14.6 Å². The van der Waals surface area contributed by atoms with Crippen LogP contribution in [0.1, 0.15) is 32.0 Å². The minimum atomic E-state index is -0.460. The second-order valence-corrected chi connectivity index (χ2v) is 5.40. The van der Waals surface area contributed by atoms with Gasteiger partial charge in [0, 0.05) is 39.0 Å². The van der Waals surface area contributed by atoms with Crippen molar-refractivity contribution in [2.45, 2.75) is 38.2 Å². The first kappa shape index (κ1) is 12.6. The number of aliphatic hydroxyl groups is 1. The summed E-state index contributed by atoms with van der Waals surface area (Å²) >= 11 is 0. The number of aryl methyl sites for hydroxylation is 1. The summed E-state index contributed by atoms with van der Waals surface area (Å²) < 4.78 is 2.08. The topological polar surface area (TPSA) is 41.3 Å². The molecule has 17 heavy (non-hydrogen) atoms. The first-order valence-corrected chi connectivity index (χ1v) is 6.48. The molecule has 1 fully saturated rings. The number of likely N-dealkylation sites (tertiary alicyclic amines) is 1. The molecule has 2 rings (SSSR count). The van der Waals surface area contributed by atoms with Gasteiger partial charge in [-0.25, -0.2) is 4.98 Å². The van der Waals surface area contributed by atoms with E-state index in [1.807, 2.05) is 26.4 Å². The van der Waals surface area contributed by atoms with Crippen molar-refractivity contribution in [1.29, 1.82) is 0 Å². The molecule has 0 bridgehead atoms. The first-order valence-electron chi connectivity index (χ1n) is 6.48. The quantitative estimate of drug-likeness (QED) is 0.859. The highest BCUT2D eigenvalue weighted by Gasteiger charge is 2.24. The van der Waals surface area contributed by atoms with Gasteiger partial charge in [0.1, 0.15) is 5.82 Å². The van der Waals surface area contributed by atoms with E-state index < -0.39 is 5.60 Å². The molecule has 1 atom stereocenters. The third kappa shape index (κ3) is 3.54. The van der Waals surface area contributed by atoms with E-state index in [2.05, 4.69) is 14.5 Å². The maximum atomic E-state index is 10.0. The van der Waals surface area contributed by atoms with Gasteiger partial charge in [0.15, 0.2) is 0 Å². The van der Waals surface area contributed by atoms with Gasteiger partial charge >= 0.3 is 0 Å². The highest BCUT2D eigenvalue weighted by Crippen LogP contribution is 2.21. The van der Waals surface area contributed by atoms with Gasteiger partial charge in [0.25, 0.3) is 0 Å². The smallest absolute Gasteiger partial charge is 0.109 e. The van der Waals surface area contributed by atoms with Crippen molar-refractivity contribution in [2.75, 3.05) is 19.6 Å². The van der Waals surface area contributed by atoms with Crippen LogP contribution in [0.2, 0.25) is 0 Å². The van der Waals surface area contributed by atoms with Crippen LogP contribution >= 0.6 is 0 Å². The fourth-order valence-corrected chi connectivity index (χ4v) is 2.44. The second kappa shape index (κ2) is 5.19. The summed E-state index contributed by atoms with van der Waals surface area (Å²) in [4.78, 5) is 6.78. The molecule has 0 amide bonds. The Morgan fingerprint density at radius 3 is 2.94 bits per heavy atom. The normalized spacial score (nSPS) is 27.0. The van der Waals surface area contributed by atoms with Gasteiger partial charge in [-0.15, -0.1) is 0 Å². The van der Waals surface area contributed by atoms with Gasteiger partial charge in [0.05, 0.1) is 5.60 Å². The van der Waals surface area contributed by atoms with Crippen molar-refractivity contribution in [3.05, 3.63) is 18.2 Å². The summed E-state index contributed by atoms with van der Waals surface area (Å²) in [6, 6.07) is 0. The lowest BCUT2D eigenvalue weighted by Gasteiger charge is -2.22. The molecular formula is C13H23N3O. The monoisotopic (exact) mass is 237 g/mol. The molecule has 1 saturated heterocycles. The highest BCUT2D eigenvalue weighted by molar-refractivity contribution is 4.92. The van der Waals surface area contributed by atoms with Gasteiger partial charge in [-0.2, -0.15) is 0 Å². The maximum Gasteiger partial charge on any atom is 0.109 e. The minimum Gasteiger partial charge on any atom is -0.390 e. The Balaban J connectivity index is 1.82. The standard InChI is InChI=1S/C13H23N3O/c1-13(17)5-3-8-16(10-6-13)9-4-12-14-7-11-15(12)2/h7,11,17H,3-6,8-10H2,1-2H3. The maximum absolute atomic E-state index is 10.0. The summed E-state index contributed by atoms with van der Waals surface area (Å²) in [5, 5.41) is 10.0. The van der Waals surface area contributed by atoms with Crippen LogP contribution in [-0.4, -0.2) is 44.8 Å². The van der Waals surface area contributed by atoms with E-state index in [1.165, 1.54) is 0 Å². The Morgan fingerprint density at radius 2 is 2.24 bits per heavy atom. The molecule has 96 valence electrons. The number of aromatic nitrogens is 2. The number of imidazole rings is 1. The van der Waals surface area contributed by atoms with Crippen molar-refractivity contribution in [3.63, 3.8) is 0 Å². The van der Waals surface area contributed by atoms with E-state index in [4.69, 9.17) is 0 Å². The number of rotatable bonds is 3. The van der Waals surface area contributed by atoms with Gasteiger partial charge in [-0.1, -0.05) is 0 Å². The molecule has 0 aliphatic carbocycles. The minimum absolute atomic E-state index is 0.460. The fraction of sp³-hybridized carbons (Fsp3) is 0.769. The van der Waals surface area contributed by atoms with Crippen LogP contribution < -0.4 is 0 Å². The van der Waals surface area contributed by atoms with Crippen LogP contribution in [0.25, 0.3) is 0 Å². The fourth-order valence-electron chi connectivity index (χ4n) is 2.44. The lowest BCUT2D eigenvalue weighted by Crippen LogP contribution is -2.30. The zero-order valence-electron chi connectivity index (χ0n) is 10.9. The van der Waals surface area contributed by atoms with Crippen LogP contribution in [0.3, 0.4) is 0 Å². The van der Waals surface area contributed by atoms with Crippen LogP contribution in [-0.2, 0) is 13.5 Å². The predicted octanol–water partition coefficient (Wildman–Crippen LogP) is 1.20. The van der Waals surface area contributed by atoms with Crippen LogP contribution in [0, 0.1) is 0 Å². The average molecular weight is 237 g/mol. The van der Waals surface area contributed by atoms with Crippen molar-refractivity contribution >= 4 is 0 Å². The van der Waals surface area contributed by atoms with Crippen LogP contribution in [0.15, 0.2) is 12.4 Å².